The van der Waals surface area contributed by atoms with E-state index < -0.39 is 5.82 Å². The normalized spacial score (nSPS) is 17.2. The zero-order chi connectivity index (χ0) is 9.97. The summed E-state index contributed by atoms with van der Waals surface area (Å²) >= 11 is 0. The maximum absolute atomic E-state index is 13.3. The third-order valence-electron chi connectivity index (χ3n) is 2.08. The maximum Gasteiger partial charge on any atom is 0.242 e. The number of amides is 1. The first-order chi connectivity index (χ1) is 6.79. The van der Waals surface area contributed by atoms with Crippen molar-refractivity contribution < 1.29 is 9.18 Å². The Bertz CT molecular complexity index is 356. The number of nitrogens with one attached hydrogen (secondary N) is 1. The Morgan fingerprint density at radius 2 is 2.43 bits per heavy atom. The highest BCUT2D eigenvalue weighted by molar-refractivity contribution is 5.94. The summed E-state index contributed by atoms with van der Waals surface area (Å²) in [7, 11) is 0. The fraction of sp³-hybridized carbons (Fsp3) is 0.333. The van der Waals surface area contributed by atoms with Crippen molar-refractivity contribution in [2.45, 2.75) is 0 Å². The molecule has 1 fully saturated rings. The van der Waals surface area contributed by atoms with E-state index in [4.69, 9.17) is 0 Å². The van der Waals surface area contributed by atoms with Crippen molar-refractivity contribution in [1.82, 2.24) is 10.3 Å². The summed E-state index contributed by atoms with van der Waals surface area (Å²) in [6.45, 7) is 1.38. The molecule has 1 aromatic rings. The van der Waals surface area contributed by atoms with Gasteiger partial charge in [0.25, 0.3) is 0 Å². The minimum atomic E-state index is -0.456. The standard InChI is InChI=1S/C9H10FN3O/c10-7-2-1-3-12-9(7)13-5-4-11-6-8(13)14/h1-3,11H,4-6H2. The van der Waals surface area contributed by atoms with E-state index in [1.807, 2.05) is 0 Å². The Kier molecular flexibility index (Phi) is 2.41. The number of rotatable bonds is 1. The second-order valence-corrected chi connectivity index (χ2v) is 3.03. The molecule has 1 saturated heterocycles. The maximum atomic E-state index is 13.3. The van der Waals surface area contributed by atoms with E-state index in [9.17, 15) is 9.18 Å². The van der Waals surface area contributed by atoms with Gasteiger partial charge in [0.2, 0.25) is 5.91 Å². The van der Waals surface area contributed by atoms with Crippen LogP contribution in [0.1, 0.15) is 0 Å². The minimum Gasteiger partial charge on any atom is -0.307 e. The molecule has 1 aliphatic rings. The van der Waals surface area contributed by atoms with E-state index in [1.54, 1.807) is 0 Å². The van der Waals surface area contributed by atoms with Crippen LogP contribution in [0.25, 0.3) is 0 Å². The van der Waals surface area contributed by atoms with Crippen molar-refractivity contribution in [3.05, 3.63) is 24.1 Å². The molecule has 0 atom stereocenters. The lowest BCUT2D eigenvalue weighted by atomic mass is 10.3. The van der Waals surface area contributed by atoms with Crippen LogP contribution >= 0.6 is 0 Å². The fourth-order valence-electron chi connectivity index (χ4n) is 1.41. The first kappa shape index (κ1) is 9.08. The second kappa shape index (κ2) is 3.71. The van der Waals surface area contributed by atoms with Crippen LogP contribution < -0.4 is 10.2 Å². The van der Waals surface area contributed by atoms with Gasteiger partial charge in [-0.3, -0.25) is 9.69 Å². The van der Waals surface area contributed by atoms with Gasteiger partial charge in [-0.25, -0.2) is 9.37 Å². The van der Waals surface area contributed by atoms with Gasteiger partial charge in [0, 0.05) is 19.3 Å². The van der Waals surface area contributed by atoms with Crippen LogP contribution in [-0.4, -0.2) is 30.5 Å². The SMILES string of the molecule is O=C1CNCCN1c1ncccc1F. The second-order valence-electron chi connectivity index (χ2n) is 3.03. The first-order valence-electron chi connectivity index (χ1n) is 4.40. The van der Waals surface area contributed by atoms with E-state index in [2.05, 4.69) is 10.3 Å². The number of aromatic nitrogens is 1. The average Bonchev–Trinajstić information content (AvgIpc) is 2.20. The zero-order valence-electron chi connectivity index (χ0n) is 7.53. The monoisotopic (exact) mass is 195 g/mol. The number of anilines is 1. The Morgan fingerprint density at radius 3 is 3.14 bits per heavy atom. The summed E-state index contributed by atoms with van der Waals surface area (Å²) in [5.41, 5.74) is 0. The van der Waals surface area contributed by atoms with Gasteiger partial charge in [-0.1, -0.05) is 0 Å². The molecule has 0 radical (unpaired) electrons. The molecular weight excluding hydrogens is 185 g/mol. The molecule has 1 N–H and O–H groups in total. The molecule has 2 rings (SSSR count). The molecule has 1 aromatic heterocycles. The molecular formula is C9H10FN3O. The van der Waals surface area contributed by atoms with Crippen molar-refractivity contribution in [3.8, 4) is 0 Å². The van der Waals surface area contributed by atoms with Gasteiger partial charge in [-0.05, 0) is 12.1 Å². The Morgan fingerprint density at radius 1 is 1.57 bits per heavy atom. The molecule has 74 valence electrons. The van der Waals surface area contributed by atoms with Crippen molar-refractivity contribution >= 4 is 11.7 Å². The van der Waals surface area contributed by atoms with Crippen LogP contribution in [-0.2, 0) is 4.79 Å². The van der Waals surface area contributed by atoms with Crippen molar-refractivity contribution in [2.24, 2.45) is 0 Å². The highest BCUT2D eigenvalue weighted by atomic mass is 19.1. The van der Waals surface area contributed by atoms with Gasteiger partial charge in [0.05, 0.1) is 6.54 Å². The molecule has 0 unspecified atom stereocenters. The number of carbonyl (C=O) groups excluding carboxylic acids is 1. The quantitative estimate of drug-likeness (QED) is 0.694. The van der Waals surface area contributed by atoms with Gasteiger partial charge in [0.15, 0.2) is 11.6 Å². The van der Waals surface area contributed by atoms with Crippen LogP contribution in [0.3, 0.4) is 0 Å². The molecule has 0 spiro atoms. The lowest BCUT2D eigenvalue weighted by Gasteiger charge is -2.26. The molecule has 4 nitrogen and oxygen atoms in total. The van der Waals surface area contributed by atoms with Crippen molar-refractivity contribution in [1.29, 1.82) is 0 Å². The number of halogens is 1. The first-order valence-corrected chi connectivity index (χ1v) is 4.40. The fourth-order valence-corrected chi connectivity index (χ4v) is 1.41. The number of nitrogens with zero attached hydrogens (tertiary/aromatic N) is 2. The Labute approximate surface area is 80.7 Å². The topological polar surface area (TPSA) is 45.2 Å². The van der Waals surface area contributed by atoms with Gasteiger partial charge in [-0.2, -0.15) is 0 Å². The third-order valence-corrected chi connectivity index (χ3v) is 2.08. The van der Waals surface area contributed by atoms with Crippen LogP contribution in [0, 0.1) is 5.82 Å². The van der Waals surface area contributed by atoms with E-state index in [0.717, 1.165) is 0 Å². The average molecular weight is 195 g/mol. The number of piperazine rings is 1. The van der Waals surface area contributed by atoms with E-state index >= 15 is 0 Å². The summed E-state index contributed by atoms with van der Waals surface area (Å²) in [6.07, 6.45) is 1.48. The Hall–Kier alpha value is -1.49. The summed E-state index contributed by atoms with van der Waals surface area (Å²) in [6, 6.07) is 2.81. The van der Waals surface area contributed by atoms with Crippen molar-refractivity contribution in [3.63, 3.8) is 0 Å². The Balaban J connectivity index is 2.29. The number of hydrogen-bond acceptors (Lipinski definition) is 3. The van der Waals surface area contributed by atoms with Crippen LogP contribution in [0.5, 0.6) is 0 Å². The lowest BCUT2D eigenvalue weighted by molar-refractivity contribution is -0.118. The van der Waals surface area contributed by atoms with Crippen LogP contribution in [0.4, 0.5) is 10.2 Å². The van der Waals surface area contributed by atoms with Gasteiger partial charge in [-0.15, -0.1) is 0 Å². The smallest absolute Gasteiger partial charge is 0.242 e. The largest absolute Gasteiger partial charge is 0.307 e. The highest BCUT2D eigenvalue weighted by Crippen LogP contribution is 2.15. The minimum absolute atomic E-state index is 0.124. The third kappa shape index (κ3) is 1.58. The van der Waals surface area contributed by atoms with E-state index in [1.165, 1.54) is 23.2 Å². The molecule has 0 saturated carbocycles. The van der Waals surface area contributed by atoms with E-state index in [0.29, 0.717) is 13.1 Å². The summed E-state index contributed by atoms with van der Waals surface area (Å²) in [5, 5.41) is 2.91. The molecule has 1 amide bonds. The van der Waals surface area contributed by atoms with Crippen molar-refractivity contribution in [2.75, 3.05) is 24.5 Å². The molecule has 1 aliphatic heterocycles. The molecule has 14 heavy (non-hydrogen) atoms. The van der Waals surface area contributed by atoms with Crippen LogP contribution in [0.15, 0.2) is 18.3 Å². The zero-order valence-corrected chi connectivity index (χ0v) is 7.53. The van der Waals surface area contributed by atoms with Crippen LogP contribution in [0.2, 0.25) is 0 Å². The highest BCUT2D eigenvalue weighted by Gasteiger charge is 2.22. The molecule has 0 aromatic carbocycles. The number of pyridine rings is 1. The molecule has 2 heterocycles. The number of carbonyl (C=O) groups is 1. The predicted octanol–water partition coefficient (Wildman–Crippen LogP) is 0.157. The molecule has 0 aliphatic carbocycles. The summed E-state index contributed by atoms with van der Waals surface area (Å²) in [4.78, 5) is 16.6. The predicted molar refractivity (Wildman–Crippen MR) is 49.4 cm³/mol. The molecule has 0 bridgehead atoms. The summed E-state index contributed by atoms with van der Waals surface area (Å²) < 4.78 is 13.3. The van der Waals surface area contributed by atoms with Gasteiger partial charge in [0.1, 0.15) is 0 Å². The van der Waals surface area contributed by atoms with Gasteiger partial charge < -0.3 is 5.32 Å². The van der Waals surface area contributed by atoms with E-state index in [-0.39, 0.29) is 18.3 Å². The summed E-state index contributed by atoms with van der Waals surface area (Å²) in [5.74, 6) is -0.476. The van der Waals surface area contributed by atoms with Gasteiger partial charge >= 0.3 is 0 Å². The number of hydrogen-bond donors (Lipinski definition) is 1. The lowest BCUT2D eigenvalue weighted by Crippen LogP contribution is -2.48. The molecule has 5 heteroatoms.